The van der Waals surface area contributed by atoms with Crippen molar-refractivity contribution in [3.8, 4) is 5.75 Å². The summed E-state index contributed by atoms with van der Waals surface area (Å²) < 4.78 is 10.5. The molecule has 1 fully saturated rings. The van der Waals surface area contributed by atoms with E-state index in [1.807, 2.05) is 61.5 Å². The van der Waals surface area contributed by atoms with E-state index in [-0.39, 0.29) is 12.5 Å². The molecule has 1 saturated heterocycles. The summed E-state index contributed by atoms with van der Waals surface area (Å²) in [5.41, 5.74) is 1.42. The summed E-state index contributed by atoms with van der Waals surface area (Å²) in [5, 5.41) is 0. The molecule has 0 spiro atoms. The zero-order valence-corrected chi connectivity index (χ0v) is 15.1. The number of nitrogens with zero attached hydrogens (tertiary/aromatic N) is 1. The van der Waals surface area contributed by atoms with E-state index in [0.29, 0.717) is 19.6 Å². The average molecular weight is 353 g/mol. The maximum atomic E-state index is 12.8. The van der Waals surface area contributed by atoms with Gasteiger partial charge in [-0.2, -0.15) is 0 Å². The van der Waals surface area contributed by atoms with Crippen LogP contribution in [-0.4, -0.2) is 37.0 Å². The molecule has 0 N–H and O–H groups in total. The fourth-order valence-electron chi connectivity index (χ4n) is 3.21. The van der Waals surface area contributed by atoms with Crippen LogP contribution in [-0.2, 0) is 26.3 Å². The van der Waals surface area contributed by atoms with Crippen LogP contribution in [0.5, 0.6) is 5.75 Å². The summed E-state index contributed by atoms with van der Waals surface area (Å²) >= 11 is 0. The molecule has 2 aromatic rings. The Morgan fingerprint density at radius 3 is 2.46 bits per heavy atom. The third-order valence-corrected chi connectivity index (χ3v) is 4.93. The van der Waals surface area contributed by atoms with Crippen LogP contribution in [0.25, 0.3) is 0 Å². The Morgan fingerprint density at radius 1 is 1.12 bits per heavy atom. The van der Waals surface area contributed by atoms with Gasteiger partial charge in [0.2, 0.25) is 5.91 Å². The van der Waals surface area contributed by atoms with Crippen molar-refractivity contribution in [2.24, 2.45) is 0 Å². The normalized spacial score (nSPS) is 19.5. The minimum atomic E-state index is -0.619. The molecule has 136 valence electrons. The summed E-state index contributed by atoms with van der Waals surface area (Å²) in [5.74, 6) is 0.325. The number of hydrogen-bond acceptors (Lipinski definition) is 4. The fourth-order valence-corrected chi connectivity index (χ4v) is 3.21. The third-order valence-electron chi connectivity index (χ3n) is 4.93. The zero-order chi connectivity index (χ0) is 18.6. The largest absolute Gasteiger partial charge is 0.489 e. The standard InChI is InChI=1S/C21H23NO4/c1-21(12-13-22(20(21)24)14-19(23)25-2)17-8-10-18(11-9-17)26-15-16-6-4-3-5-7-16/h3-11H,12-15H2,1-2H3. The van der Waals surface area contributed by atoms with E-state index < -0.39 is 11.4 Å². The van der Waals surface area contributed by atoms with E-state index in [2.05, 4.69) is 4.74 Å². The lowest BCUT2D eigenvalue weighted by atomic mass is 9.81. The molecular formula is C21H23NO4. The molecule has 1 aliphatic heterocycles. The average Bonchev–Trinajstić information content (AvgIpc) is 2.97. The number of benzene rings is 2. The molecular weight excluding hydrogens is 330 g/mol. The number of carbonyl (C=O) groups excluding carboxylic acids is 2. The van der Waals surface area contributed by atoms with Gasteiger partial charge in [-0.3, -0.25) is 9.59 Å². The second-order valence-corrected chi connectivity index (χ2v) is 6.68. The molecule has 3 rings (SSSR count). The van der Waals surface area contributed by atoms with Gasteiger partial charge < -0.3 is 14.4 Å². The Kier molecular flexibility index (Phi) is 5.26. The Balaban J connectivity index is 1.66. The highest BCUT2D eigenvalue weighted by Gasteiger charge is 2.44. The quantitative estimate of drug-likeness (QED) is 0.750. The first-order valence-electron chi connectivity index (χ1n) is 8.66. The van der Waals surface area contributed by atoms with Crippen molar-refractivity contribution in [1.82, 2.24) is 4.90 Å². The fraction of sp³-hybridized carbons (Fsp3) is 0.333. The number of ether oxygens (including phenoxy) is 2. The van der Waals surface area contributed by atoms with Gasteiger partial charge in [-0.15, -0.1) is 0 Å². The maximum Gasteiger partial charge on any atom is 0.325 e. The number of esters is 1. The van der Waals surface area contributed by atoms with Gasteiger partial charge in [-0.25, -0.2) is 0 Å². The molecule has 1 heterocycles. The smallest absolute Gasteiger partial charge is 0.325 e. The van der Waals surface area contributed by atoms with Gasteiger partial charge in [0.15, 0.2) is 0 Å². The number of rotatable bonds is 6. The lowest BCUT2D eigenvalue weighted by molar-refractivity contribution is -0.146. The van der Waals surface area contributed by atoms with E-state index >= 15 is 0 Å². The molecule has 1 atom stereocenters. The van der Waals surface area contributed by atoms with Crippen molar-refractivity contribution in [3.05, 3.63) is 65.7 Å². The number of methoxy groups -OCH3 is 1. The summed E-state index contributed by atoms with van der Waals surface area (Å²) in [6.45, 7) is 2.98. The van der Waals surface area contributed by atoms with Gasteiger partial charge in [-0.05, 0) is 36.6 Å². The van der Waals surface area contributed by atoms with Gasteiger partial charge in [0.1, 0.15) is 18.9 Å². The van der Waals surface area contributed by atoms with Crippen molar-refractivity contribution in [2.45, 2.75) is 25.4 Å². The topological polar surface area (TPSA) is 55.8 Å². The summed E-state index contributed by atoms with van der Waals surface area (Å²) in [6.07, 6.45) is 0.674. The lowest BCUT2D eigenvalue weighted by Crippen LogP contribution is -2.38. The summed E-state index contributed by atoms with van der Waals surface area (Å²) in [6, 6.07) is 17.6. The molecule has 0 bridgehead atoms. The van der Waals surface area contributed by atoms with Crippen LogP contribution in [0.2, 0.25) is 0 Å². The summed E-state index contributed by atoms with van der Waals surface area (Å²) in [4.78, 5) is 25.8. The molecule has 0 aromatic heterocycles. The van der Waals surface area contributed by atoms with Crippen LogP contribution in [0.4, 0.5) is 0 Å². The lowest BCUT2D eigenvalue weighted by Gasteiger charge is -2.24. The molecule has 1 amide bonds. The highest BCUT2D eigenvalue weighted by Crippen LogP contribution is 2.36. The number of likely N-dealkylation sites (tertiary alicyclic amines) is 1. The van der Waals surface area contributed by atoms with E-state index in [4.69, 9.17) is 4.74 Å². The molecule has 26 heavy (non-hydrogen) atoms. The van der Waals surface area contributed by atoms with Gasteiger partial charge in [-0.1, -0.05) is 42.5 Å². The Labute approximate surface area is 153 Å². The molecule has 2 aromatic carbocycles. The van der Waals surface area contributed by atoms with Crippen molar-refractivity contribution in [1.29, 1.82) is 0 Å². The van der Waals surface area contributed by atoms with Crippen molar-refractivity contribution in [3.63, 3.8) is 0 Å². The molecule has 5 heteroatoms. The number of hydrogen-bond donors (Lipinski definition) is 0. The Morgan fingerprint density at radius 2 is 1.81 bits per heavy atom. The van der Waals surface area contributed by atoms with Crippen molar-refractivity contribution < 1.29 is 19.1 Å². The minimum absolute atomic E-state index is 0.00317. The molecule has 1 aliphatic rings. The molecule has 5 nitrogen and oxygen atoms in total. The first-order valence-corrected chi connectivity index (χ1v) is 8.66. The minimum Gasteiger partial charge on any atom is -0.489 e. The van der Waals surface area contributed by atoms with E-state index in [1.54, 1.807) is 4.90 Å². The van der Waals surface area contributed by atoms with Crippen LogP contribution < -0.4 is 4.74 Å². The highest BCUT2D eigenvalue weighted by molar-refractivity contribution is 5.92. The van der Waals surface area contributed by atoms with Crippen molar-refractivity contribution in [2.75, 3.05) is 20.2 Å². The van der Waals surface area contributed by atoms with Gasteiger partial charge >= 0.3 is 5.97 Å². The van der Waals surface area contributed by atoms with Crippen LogP contribution in [0.1, 0.15) is 24.5 Å². The van der Waals surface area contributed by atoms with Crippen LogP contribution in [0, 0.1) is 0 Å². The molecule has 0 saturated carbocycles. The highest BCUT2D eigenvalue weighted by atomic mass is 16.5. The Bertz CT molecular complexity index is 772. The molecule has 0 radical (unpaired) electrons. The first-order chi connectivity index (χ1) is 12.5. The van der Waals surface area contributed by atoms with E-state index in [1.165, 1.54) is 7.11 Å². The SMILES string of the molecule is COC(=O)CN1CCC(C)(c2ccc(OCc3ccccc3)cc2)C1=O. The maximum absolute atomic E-state index is 12.8. The third kappa shape index (κ3) is 3.72. The van der Waals surface area contributed by atoms with Gasteiger partial charge in [0.25, 0.3) is 0 Å². The second kappa shape index (κ2) is 7.60. The molecule has 1 unspecified atom stereocenters. The van der Waals surface area contributed by atoms with Gasteiger partial charge in [0.05, 0.1) is 12.5 Å². The van der Waals surface area contributed by atoms with Crippen molar-refractivity contribution >= 4 is 11.9 Å². The van der Waals surface area contributed by atoms with Gasteiger partial charge in [0, 0.05) is 6.54 Å². The first kappa shape index (κ1) is 18.0. The number of carbonyl (C=O) groups is 2. The second-order valence-electron chi connectivity index (χ2n) is 6.68. The number of amides is 1. The predicted octanol–water partition coefficient (Wildman–Crippen LogP) is 2.93. The van der Waals surface area contributed by atoms with Crippen LogP contribution in [0.15, 0.2) is 54.6 Å². The summed E-state index contributed by atoms with van der Waals surface area (Å²) in [7, 11) is 1.33. The van der Waals surface area contributed by atoms with E-state index in [9.17, 15) is 9.59 Å². The monoisotopic (exact) mass is 353 g/mol. The Hall–Kier alpha value is -2.82. The zero-order valence-electron chi connectivity index (χ0n) is 15.1. The predicted molar refractivity (Wildman–Crippen MR) is 97.8 cm³/mol. The molecule has 0 aliphatic carbocycles. The van der Waals surface area contributed by atoms with Crippen LogP contribution >= 0.6 is 0 Å². The van der Waals surface area contributed by atoms with E-state index in [0.717, 1.165) is 16.9 Å². The van der Waals surface area contributed by atoms with Crippen LogP contribution in [0.3, 0.4) is 0 Å².